The van der Waals surface area contributed by atoms with Crippen LogP contribution in [0.15, 0.2) is 59.1 Å². The number of rotatable bonds is 5. The number of aromatic hydroxyl groups is 1. The van der Waals surface area contributed by atoms with Gasteiger partial charge in [-0.2, -0.15) is 0 Å². The fourth-order valence-corrected chi connectivity index (χ4v) is 3.97. The number of aliphatic hydroxyl groups excluding tert-OH is 1. The maximum absolute atomic E-state index is 10.9. The molecule has 0 bridgehead atoms. The Kier molecular flexibility index (Phi) is 3.44. The van der Waals surface area contributed by atoms with E-state index in [1.807, 2.05) is 30.3 Å². The Hall–Kier alpha value is -2.59. The number of aromatic nitrogens is 1. The Morgan fingerprint density at radius 2 is 1.65 bits per heavy atom. The second-order valence-corrected chi connectivity index (χ2v) is 7.59. The van der Waals surface area contributed by atoms with E-state index in [4.69, 9.17) is 4.52 Å². The molecule has 2 aromatic carbocycles. The standard InChI is InChI=1S/C22H21NO3/c24-17-10-8-15(9-11-17)19-18(14-4-2-1-3-5-14)21(26-23-19)22(12-13-22)20(25)16-6-7-16/h1-5,8-11,16,20,24-25H,6-7,12-13H2. The SMILES string of the molecule is Oc1ccc(-c2noc(C3(C(O)C4CC4)CC3)c2-c2ccccc2)cc1. The van der Waals surface area contributed by atoms with Gasteiger partial charge in [0, 0.05) is 5.56 Å². The number of hydrogen-bond acceptors (Lipinski definition) is 4. The van der Waals surface area contributed by atoms with Crippen molar-refractivity contribution in [1.82, 2.24) is 5.16 Å². The molecule has 2 aliphatic rings. The largest absolute Gasteiger partial charge is 0.508 e. The molecule has 2 aliphatic carbocycles. The van der Waals surface area contributed by atoms with Crippen molar-refractivity contribution in [3.63, 3.8) is 0 Å². The van der Waals surface area contributed by atoms with Crippen LogP contribution in [0.2, 0.25) is 0 Å². The van der Waals surface area contributed by atoms with Crippen molar-refractivity contribution < 1.29 is 14.7 Å². The molecule has 1 aromatic heterocycles. The van der Waals surface area contributed by atoms with E-state index >= 15 is 0 Å². The lowest BCUT2D eigenvalue weighted by molar-refractivity contribution is 0.0958. The highest BCUT2D eigenvalue weighted by Gasteiger charge is 2.58. The van der Waals surface area contributed by atoms with Crippen LogP contribution in [0.5, 0.6) is 5.75 Å². The van der Waals surface area contributed by atoms with Gasteiger partial charge in [-0.3, -0.25) is 0 Å². The minimum atomic E-state index is -0.356. The van der Waals surface area contributed by atoms with Crippen LogP contribution >= 0.6 is 0 Å². The smallest absolute Gasteiger partial charge is 0.153 e. The second kappa shape index (κ2) is 5.71. The van der Waals surface area contributed by atoms with Gasteiger partial charge in [-0.25, -0.2) is 0 Å². The van der Waals surface area contributed by atoms with Crippen LogP contribution in [0.25, 0.3) is 22.4 Å². The number of hydrogen-bond donors (Lipinski definition) is 2. The highest BCUT2D eigenvalue weighted by Crippen LogP contribution is 2.59. The molecule has 26 heavy (non-hydrogen) atoms. The molecule has 1 unspecified atom stereocenters. The van der Waals surface area contributed by atoms with Gasteiger partial charge in [-0.1, -0.05) is 35.5 Å². The van der Waals surface area contributed by atoms with Crippen molar-refractivity contribution in [2.45, 2.75) is 37.2 Å². The average Bonchev–Trinajstić information content (AvgIpc) is 3.60. The Balaban J connectivity index is 1.67. The first-order valence-corrected chi connectivity index (χ1v) is 9.22. The van der Waals surface area contributed by atoms with Gasteiger partial charge in [0.1, 0.15) is 11.4 Å². The number of nitrogens with zero attached hydrogens (tertiary/aromatic N) is 1. The van der Waals surface area contributed by atoms with E-state index in [2.05, 4.69) is 17.3 Å². The summed E-state index contributed by atoms with van der Waals surface area (Å²) < 4.78 is 5.89. The van der Waals surface area contributed by atoms with Crippen LogP contribution in [-0.4, -0.2) is 21.5 Å². The Bertz CT molecular complexity index is 922. The molecular weight excluding hydrogens is 326 g/mol. The van der Waals surface area contributed by atoms with Gasteiger partial charge < -0.3 is 14.7 Å². The van der Waals surface area contributed by atoms with Gasteiger partial charge in [0.15, 0.2) is 5.76 Å². The monoisotopic (exact) mass is 347 g/mol. The number of phenols is 1. The van der Waals surface area contributed by atoms with E-state index < -0.39 is 0 Å². The van der Waals surface area contributed by atoms with Gasteiger partial charge in [-0.05, 0) is 61.4 Å². The summed E-state index contributed by atoms with van der Waals surface area (Å²) in [5.74, 6) is 1.43. The van der Waals surface area contributed by atoms with Gasteiger partial charge in [-0.15, -0.1) is 0 Å². The van der Waals surface area contributed by atoms with E-state index in [-0.39, 0.29) is 17.3 Å². The van der Waals surface area contributed by atoms with Crippen LogP contribution in [0.3, 0.4) is 0 Å². The van der Waals surface area contributed by atoms with Crippen LogP contribution in [0.1, 0.15) is 31.4 Å². The molecule has 4 heteroatoms. The summed E-state index contributed by atoms with van der Waals surface area (Å²) in [7, 11) is 0. The lowest BCUT2D eigenvalue weighted by atomic mass is 9.86. The van der Waals surface area contributed by atoms with E-state index in [1.54, 1.807) is 12.1 Å². The first-order chi connectivity index (χ1) is 12.7. The fourth-order valence-electron chi connectivity index (χ4n) is 3.97. The summed E-state index contributed by atoms with van der Waals surface area (Å²) in [5, 5.41) is 24.9. The van der Waals surface area contributed by atoms with Crippen LogP contribution in [-0.2, 0) is 5.41 Å². The predicted molar refractivity (Wildman–Crippen MR) is 98.7 cm³/mol. The van der Waals surface area contributed by atoms with Crippen molar-refractivity contribution in [2.75, 3.05) is 0 Å². The van der Waals surface area contributed by atoms with Gasteiger partial charge in [0.25, 0.3) is 0 Å². The third-order valence-electron chi connectivity index (χ3n) is 5.77. The van der Waals surface area contributed by atoms with E-state index in [0.717, 1.165) is 53.8 Å². The summed E-state index contributed by atoms with van der Waals surface area (Å²) in [5.41, 5.74) is 3.37. The van der Waals surface area contributed by atoms with Gasteiger partial charge >= 0.3 is 0 Å². The van der Waals surface area contributed by atoms with Crippen molar-refractivity contribution in [3.8, 4) is 28.1 Å². The highest BCUT2D eigenvalue weighted by molar-refractivity contribution is 5.83. The van der Waals surface area contributed by atoms with Crippen molar-refractivity contribution in [3.05, 3.63) is 60.4 Å². The molecule has 2 N–H and O–H groups in total. The zero-order valence-electron chi connectivity index (χ0n) is 14.4. The summed E-state index contributed by atoms with van der Waals surface area (Å²) in [6.45, 7) is 0. The maximum atomic E-state index is 10.9. The number of phenolic OH excluding ortho intramolecular Hbond substituents is 1. The van der Waals surface area contributed by atoms with Crippen LogP contribution in [0.4, 0.5) is 0 Å². The summed E-state index contributed by atoms with van der Waals surface area (Å²) in [4.78, 5) is 0. The minimum absolute atomic E-state index is 0.224. The molecule has 1 heterocycles. The zero-order valence-corrected chi connectivity index (χ0v) is 14.4. The van der Waals surface area contributed by atoms with Crippen LogP contribution < -0.4 is 0 Å². The lowest BCUT2D eigenvalue weighted by Crippen LogP contribution is -2.28. The molecule has 0 radical (unpaired) electrons. The molecule has 0 saturated heterocycles. The van der Waals surface area contributed by atoms with Crippen molar-refractivity contribution in [2.24, 2.45) is 5.92 Å². The molecule has 132 valence electrons. The fraction of sp³-hybridized carbons (Fsp3) is 0.318. The molecule has 5 rings (SSSR count). The third-order valence-corrected chi connectivity index (χ3v) is 5.77. The Labute approximate surface area is 152 Å². The molecule has 0 spiro atoms. The summed E-state index contributed by atoms with van der Waals surface area (Å²) >= 11 is 0. The molecule has 2 saturated carbocycles. The van der Waals surface area contributed by atoms with Gasteiger partial charge in [0.2, 0.25) is 0 Å². The Morgan fingerprint density at radius 1 is 0.962 bits per heavy atom. The van der Waals surface area contributed by atoms with Crippen LogP contribution in [0, 0.1) is 5.92 Å². The molecule has 3 aromatic rings. The maximum Gasteiger partial charge on any atom is 0.153 e. The number of aliphatic hydroxyl groups is 1. The summed E-state index contributed by atoms with van der Waals surface area (Å²) in [6, 6.07) is 17.1. The predicted octanol–water partition coefficient (Wildman–Crippen LogP) is 4.52. The third kappa shape index (κ3) is 2.44. The molecule has 2 fully saturated rings. The zero-order chi connectivity index (χ0) is 17.7. The lowest BCUT2D eigenvalue weighted by Gasteiger charge is -2.20. The second-order valence-electron chi connectivity index (χ2n) is 7.59. The highest BCUT2D eigenvalue weighted by atomic mass is 16.5. The molecule has 4 nitrogen and oxygen atoms in total. The molecule has 1 atom stereocenters. The summed E-state index contributed by atoms with van der Waals surface area (Å²) in [6.07, 6.45) is 3.72. The van der Waals surface area contributed by atoms with Gasteiger partial charge in [0.05, 0.1) is 17.1 Å². The number of benzene rings is 2. The van der Waals surface area contributed by atoms with E-state index in [1.165, 1.54) is 0 Å². The minimum Gasteiger partial charge on any atom is -0.508 e. The Morgan fingerprint density at radius 3 is 2.27 bits per heavy atom. The van der Waals surface area contributed by atoms with E-state index in [0.29, 0.717) is 5.92 Å². The van der Waals surface area contributed by atoms with Crippen molar-refractivity contribution in [1.29, 1.82) is 0 Å². The topological polar surface area (TPSA) is 66.5 Å². The molecular formula is C22H21NO3. The first kappa shape index (κ1) is 15.6. The molecule has 0 aliphatic heterocycles. The normalized spacial score (nSPS) is 19.3. The molecule has 0 amide bonds. The average molecular weight is 347 g/mol. The van der Waals surface area contributed by atoms with Crippen molar-refractivity contribution >= 4 is 0 Å². The van der Waals surface area contributed by atoms with E-state index in [9.17, 15) is 10.2 Å². The first-order valence-electron chi connectivity index (χ1n) is 9.22. The quantitative estimate of drug-likeness (QED) is 0.712.